The Labute approximate surface area is 116 Å². The van der Waals surface area contributed by atoms with Crippen LogP contribution in [0, 0.1) is 33.7 Å². The fourth-order valence-corrected chi connectivity index (χ4v) is 3.54. The molecule has 0 aliphatic heterocycles. The zero-order chi connectivity index (χ0) is 14.3. The number of hydrogen-bond donors (Lipinski definition) is 1. The molecule has 3 rings (SSSR count). The van der Waals surface area contributed by atoms with Gasteiger partial charge in [-0.15, -0.1) is 0 Å². The first-order valence-electron chi connectivity index (χ1n) is 6.94. The van der Waals surface area contributed by atoms with E-state index in [4.69, 9.17) is 0 Å². The Morgan fingerprint density at radius 1 is 1.40 bits per heavy atom. The summed E-state index contributed by atoms with van der Waals surface area (Å²) >= 11 is 0. The monoisotopic (exact) mass is 276 g/mol. The molecule has 1 fully saturated rings. The van der Waals surface area contributed by atoms with E-state index in [9.17, 15) is 14.5 Å². The summed E-state index contributed by atoms with van der Waals surface area (Å²) in [6.07, 6.45) is 6.72. The highest BCUT2D eigenvalue weighted by molar-refractivity contribution is 5.62. The molecule has 1 saturated carbocycles. The van der Waals surface area contributed by atoms with Crippen molar-refractivity contribution in [1.29, 1.82) is 0 Å². The summed E-state index contributed by atoms with van der Waals surface area (Å²) in [5, 5.41) is 14.0. The van der Waals surface area contributed by atoms with E-state index in [2.05, 4.69) is 17.5 Å². The Bertz CT molecular complexity index is 573. The van der Waals surface area contributed by atoms with Gasteiger partial charge in [0.1, 0.15) is 5.69 Å². The molecule has 0 heterocycles. The molecule has 0 spiro atoms. The Morgan fingerprint density at radius 3 is 2.80 bits per heavy atom. The molecule has 0 amide bonds. The average Bonchev–Trinajstić information content (AvgIpc) is 3.03. The van der Waals surface area contributed by atoms with Crippen LogP contribution in [0.4, 0.5) is 15.8 Å². The average molecular weight is 276 g/mol. The van der Waals surface area contributed by atoms with Crippen molar-refractivity contribution in [3.8, 4) is 0 Å². The van der Waals surface area contributed by atoms with Gasteiger partial charge in [-0.25, -0.2) is 4.39 Å². The SMILES string of the molecule is CC(Nc1c(F)cccc1[N+](=O)[O-])C1CC2C=CC1C2. The van der Waals surface area contributed by atoms with Crippen molar-refractivity contribution >= 4 is 11.4 Å². The van der Waals surface area contributed by atoms with Crippen LogP contribution in [0.2, 0.25) is 0 Å². The molecular weight excluding hydrogens is 259 g/mol. The van der Waals surface area contributed by atoms with Crippen molar-refractivity contribution in [2.75, 3.05) is 5.32 Å². The lowest BCUT2D eigenvalue weighted by Gasteiger charge is -2.27. The third kappa shape index (κ3) is 2.17. The standard InChI is InChI=1S/C15H17FN2O2/c1-9(12-8-10-5-6-11(12)7-10)17-15-13(16)3-2-4-14(15)18(19)20/h2-6,9-12,17H,7-8H2,1H3. The van der Waals surface area contributed by atoms with Gasteiger partial charge in [0.15, 0.2) is 5.82 Å². The van der Waals surface area contributed by atoms with Crippen LogP contribution in [-0.4, -0.2) is 11.0 Å². The molecule has 0 aromatic heterocycles. The van der Waals surface area contributed by atoms with Gasteiger partial charge in [-0.2, -0.15) is 0 Å². The van der Waals surface area contributed by atoms with Gasteiger partial charge in [-0.3, -0.25) is 10.1 Å². The van der Waals surface area contributed by atoms with Crippen molar-refractivity contribution in [3.05, 3.63) is 46.3 Å². The molecule has 2 aliphatic carbocycles. The van der Waals surface area contributed by atoms with Crippen LogP contribution in [0.5, 0.6) is 0 Å². The van der Waals surface area contributed by atoms with Crippen LogP contribution >= 0.6 is 0 Å². The Morgan fingerprint density at radius 2 is 2.20 bits per heavy atom. The quantitative estimate of drug-likeness (QED) is 0.517. The summed E-state index contributed by atoms with van der Waals surface area (Å²) < 4.78 is 13.9. The van der Waals surface area contributed by atoms with Gasteiger partial charge in [0.2, 0.25) is 0 Å². The van der Waals surface area contributed by atoms with Gasteiger partial charge in [-0.05, 0) is 43.6 Å². The lowest BCUT2D eigenvalue weighted by atomic mass is 9.87. The molecule has 2 bridgehead atoms. The third-order valence-corrected chi connectivity index (χ3v) is 4.53. The van der Waals surface area contributed by atoms with Gasteiger partial charge in [-0.1, -0.05) is 18.2 Å². The van der Waals surface area contributed by atoms with Crippen molar-refractivity contribution in [2.24, 2.45) is 17.8 Å². The van der Waals surface area contributed by atoms with Crippen LogP contribution < -0.4 is 5.32 Å². The summed E-state index contributed by atoms with van der Waals surface area (Å²) in [5.41, 5.74) is -0.188. The highest BCUT2D eigenvalue weighted by Gasteiger charge is 2.39. The number of hydrogen-bond acceptors (Lipinski definition) is 3. The first kappa shape index (κ1) is 13.1. The zero-order valence-corrected chi connectivity index (χ0v) is 11.3. The van der Waals surface area contributed by atoms with Crippen LogP contribution in [0.3, 0.4) is 0 Å². The molecule has 20 heavy (non-hydrogen) atoms. The molecule has 5 heteroatoms. The maximum absolute atomic E-state index is 13.9. The fraction of sp³-hybridized carbons (Fsp3) is 0.467. The normalized spacial score (nSPS) is 28.6. The Balaban J connectivity index is 1.81. The Hall–Kier alpha value is -1.91. The lowest BCUT2D eigenvalue weighted by Crippen LogP contribution is -2.29. The number of anilines is 1. The first-order valence-corrected chi connectivity index (χ1v) is 6.94. The third-order valence-electron chi connectivity index (χ3n) is 4.53. The number of nitro benzene ring substituents is 1. The molecule has 4 nitrogen and oxygen atoms in total. The van der Waals surface area contributed by atoms with Gasteiger partial charge < -0.3 is 5.32 Å². The van der Waals surface area contributed by atoms with Crippen LogP contribution in [0.25, 0.3) is 0 Å². The van der Waals surface area contributed by atoms with Crippen molar-refractivity contribution in [3.63, 3.8) is 0 Å². The van der Waals surface area contributed by atoms with E-state index in [-0.39, 0.29) is 17.4 Å². The smallest absolute Gasteiger partial charge is 0.295 e. The maximum Gasteiger partial charge on any atom is 0.295 e. The number of rotatable bonds is 4. The summed E-state index contributed by atoms with van der Waals surface area (Å²) in [6, 6.07) is 3.97. The number of fused-ring (bicyclic) bond motifs is 2. The first-order chi connectivity index (χ1) is 9.56. The van der Waals surface area contributed by atoms with E-state index >= 15 is 0 Å². The van der Waals surface area contributed by atoms with E-state index in [0.717, 1.165) is 12.8 Å². The van der Waals surface area contributed by atoms with E-state index < -0.39 is 10.7 Å². The van der Waals surface area contributed by atoms with Gasteiger partial charge >= 0.3 is 0 Å². The molecule has 1 aromatic rings. The van der Waals surface area contributed by atoms with Crippen molar-refractivity contribution < 1.29 is 9.31 Å². The molecule has 1 aromatic carbocycles. The van der Waals surface area contributed by atoms with Crippen molar-refractivity contribution in [2.45, 2.75) is 25.8 Å². The minimum atomic E-state index is -0.565. The minimum Gasteiger partial charge on any atom is -0.374 e. The number of benzene rings is 1. The Kier molecular flexibility index (Phi) is 3.20. The molecular formula is C15H17FN2O2. The summed E-state index contributed by atoms with van der Waals surface area (Å²) in [6.45, 7) is 1.98. The molecule has 0 saturated heterocycles. The number of nitrogens with one attached hydrogen (secondary N) is 1. The number of nitrogens with zero attached hydrogens (tertiary/aromatic N) is 1. The van der Waals surface area contributed by atoms with E-state index in [1.807, 2.05) is 6.92 Å². The van der Waals surface area contributed by atoms with Crippen LogP contribution in [0.1, 0.15) is 19.8 Å². The van der Waals surface area contributed by atoms with Gasteiger partial charge in [0.05, 0.1) is 4.92 Å². The van der Waals surface area contributed by atoms with E-state index in [0.29, 0.717) is 17.8 Å². The molecule has 0 radical (unpaired) electrons. The van der Waals surface area contributed by atoms with Gasteiger partial charge in [0, 0.05) is 12.1 Å². The molecule has 106 valence electrons. The second-order valence-corrected chi connectivity index (χ2v) is 5.77. The zero-order valence-electron chi connectivity index (χ0n) is 11.3. The second kappa shape index (κ2) is 4.89. The van der Waals surface area contributed by atoms with Crippen molar-refractivity contribution in [1.82, 2.24) is 0 Å². The fourth-order valence-electron chi connectivity index (χ4n) is 3.54. The largest absolute Gasteiger partial charge is 0.374 e. The van der Waals surface area contributed by atoms with Crippen LogP contribution in [0.15, 0.2) is 30.4 Å². The summed E-state index contributed by atoms with van der Waals surface area (Å²) in [4.78, 5) is 10.4. The maximum atomic E-state index is 13.9. The summed E-state index contributed by atoms with van der Waals surface area (Å²) in [5.74, 6) is 1.01. The molecule has 2 aliphatic rings. The topological polar surface area (TPSA) is 55.2 Å². The highest BCUT2D eigenvalue weighted by atomic mass is 19.1. The second-order valence-electron chi connectivity index (χ2n) is 5.77. The van der Waals surface area contributed by atoms with E-state index in [1.165, 1.54) is 18.2 Å². The minimum absolute atomic E-state index is 0.0109. The van der Waals surface area contributed by atoms with E-state index in [1.54, 1.807) is 0 Å². The van der Waals surface area contributed by atoms with Gasteiger partial charge in [0.25, 0.3) is 5.69 Å². The predicted molar refractivity (Wildman–Crippen MR) is 75.0 cm³/mol. The number of para-hydroxylation sites is 1. The predicted octanol–water partition coefficient (Wildman–Crippen LogP) is 3.75. The number of allylic oxidation sites excluding steroid dienone is 2. The summed E-state index contributed by atoms with van der Waals surface area (Å²) in [7, 11) is 0. The molecule has 4 unspecified atom stereocenters. The highest BCUT2D eigenvalue weighted by Crippen LogP contribution is 2.45. The number of nitro groups is 1. The lowest BCUT2D eigenvalue weighted by molar-refractivity contribution is -0.384. The molecule has 4 atom stereocenters. The van der Waals surface area contributed by atoms with Crippen LogP contribution in [-0.2, 0) is 0 Å². The number of halogens is 1. The molecule has 1 N–H and O–H groups in total.